The summed E-state index contributed by atoms with van der Waals surface area (Å²) in [5.74, 6) is 0. The Balaban J connectivity index is 0.000000191. The van der Waals surface area contributed by atoms with Crippen LogP contribution in [0.15, 0.2) is 121 Å². The van der Waals surface area contributed by atoms with Gasteiger partial charge in [0, 0.05) is 0 Å². The van der Waals surface area contributed by atoms with Crippen LogP contribution in [0.2, 0.25) is 0 Å². The van der Waals surface area contributed by atoms with Crippen molar-refractivity contribution in [3.8, 4) is 0 Å². The maximum absolute atomic E-state index is 11.6. The van der Waals surface area contributed by atoms with Gasteiger partial charge < -0.3 is 19.6 Å². The third-order valence-corrected chi connectivity index (χ3v) is 7.67. The van der Waals surface area contributed by atoms with Gasteiger partial charge in [-0.25, -0.2) is 0 Å². The number of benzene rings is 4. The van der Waals surface area contributed by atoms with E-state index in [1.165, 1.54) is 0 Å². The first-order valence-corrected chi connectivity index (χ1v) is 13.8. The molecule has 4 N–H and O–H groups in total. The van der Waals surface area contributed by atoms with E-state index in [1.54, 1.807) is 97.1 Å². The summed E-state index contributed by atoms with van der Waals surface area (Å²) in [4.78, 5) is 38.0. The van der Waals surface area contributed by atoms with Gasteiger partial charge in [-0.15, -0.1) is 0 Å². The highest BCUT2D eigenvalue weighted by atomic mass is 31.2. The van der Waals surface area contributed by atoms with Gasteiger partial charge in [-0.3, -0.25) is 9.13 Å². The Bertz CT molecular complexity index is 1060. The van der Waals surface area contributed by atoms with Crippen molar-refractivity contribution in [2.45, 2.75) is 11.3 Å². The van der Waals surface area contributed by atoms with E-state index in [0.717, 1.165) is 0 Å². The molecule has 0 aliphatic carbocycles. The van der Waals surface area contributed by atoms with Crippen molar-refractivity contribution in [3.63, 3.8) is 0 Å². The molecule has 0 saturated carbocycles. The minimum absolute atomic E-state index is 0.632. The monoisotopic (exact) mass is 496 g/mol. The Labute approximate surface area is 198 Å². The number of hydrogen-bond acceptors (Lipinski definition) is 2. The molecule has 0 heterocycles. The first-order chi connectivity index (χ1) is 16.2. The molecule has 34 heavy (non-hydrogen) atoms. The van der Waals surface area contributed by atoms with Gasteiger partial charge in [-0.1, -0.05) is 121 Å². The van der Waals surface area contributed by atoms with Crippen LogP contribution in [0.3, 0.4) is 0 Å². The lowest BCUT2D eigenvalue weighted by Crippen LogP contribution is -2.01. The molecular weight excluding hydrogens is 470 g/mol. The van der Waals surface area contributed by atoms with Crippen LogP contribution in [0.5, 0.6) is 0 Å². The summed E-state index contributed by atoms with van der Waals surface area (Å²) in [5.41, 5.74) is 0.757. The third kappa shape index (κ3) is 7.09. The van der Waals surface area contributed by atoms with Crippen molar-refractivity contribution < 1.29 is 28.7 Å². The molecule has 0 spiro atoms. The molecule has 4 aromatic carbocycles. The van der Waals surface area contributed by atoms with Gasteiger partial charge in [0.05, 0.1) is 0 Å². The van der Waals surface area contributed by atoms with Gasteiger partial charge in [-0.2, -0.15) is 0 Å². The highest BCUT2D eigenvalue weighted by Gasteiger charge is 2.32. The van der Waals surface area contributed by atoms with Crippen molar-refractivity contribution in [1.82, 2.24) is 0 Å². The predicted molar refractivity (Wildman–Crippen MR) is 134 cm³/mol. The van der Waals surface area contributed by atoms with Crippen LogP contribution in [0, 0.1) is 0 Å². The molecular formula is C26H26O6P2. The van der Waals surface area contributed by atoms with Crippen molar-refractivity contribution in [1.29, 1.82) is 0 Å². The fraction of sp³-hybridized carbons (Fsp3) is 0.0769. The van der Waals surface area contributed by atoms with E-state index in [4.69, 9.17) is 0 Å². The van der Waals surface area contributed by atoms with Crippen LogP contribution >= 0.6 is 15.2 Å². The number of hydrogen-bond donors (Lipinski definition) is 4. The topological polar surface area (TPSA) is 115 Å². The van der Waals surface area contributed by atoms with Crippen LogP contribution in [-0.4, -0.2) is 19.6 Å². The number of rotatable bonds is 6. The summed E-state index contributed by atoms with van der Waals surface area (Å²) in [5, 5.41) is 0. The lowest BCUT2D eigenvalue weighted by atomic mass is 10.0. The van der Waals surface area contributed by atoms with E-state index in [0.29, 0.717) is 22.3 Å². The van der Waals surface area contributed by atoms with Crippen LogP contribution < -0.4 is 0 Å². The van der Waals surface area contributed by atoms with Gasteiger partial charge in [0.25, 0.3) is 0 Å². The van der Waals surface area contributed by atoms with Gasteiger partial charge in [-0.05, 0) is 22.3 Å². The molecule has 0 aromatic heterocycles. The van der Waals surface area contributed by atoms with Crippen LogP contribution in [-0.2, 0) is 9.13 Å². The lowest BCUT2D eigenvalue weighted by molar-refractivity contribution is 0.362. The first-order valence-electron chi connectivity index (χ1n) is 10.5. The smallest absolute Gasteiger partial charge is 0.324 e. The second kappa shape index (κ2) is 11.5. The average Bonchev–Trinajstić information content (AvgIpc) is 2.81. The fourth-order valence-corrected chi connectivity index (χ4v) is 5.95. The Hall–Kier alpha value is -2.82. The Morgan fingerprint density at radius 3 is 0.706 bits per heavy atom. The third-order valence-electron chi connectivity index (χ3n) is 5.13. The van der Waals surface area contributed by atoms with Crippen LogP contribution in [0.1, 0.15) is 33.6 Å². The van der Waals surface area contributed by atoms with Gasteiger partial charge in [0.2, 0.25) is 0 Å². The molecule has 0 saturated heterocycles. The van der Waals surface area contributed by atoms with E-state index in [-0.39, 0.29) is 0 Å². The molecule has 0 amide bonds. The molecule has 4 aromatic rings. The molecule has 0 fully saturated rings. The Kier molecular flexibility index (Phi) is 8.76. The zero-order chi connectivity index (χ0) is 24.6. The molecule has 176 valence electrons. The molecule has 8 heteroatoms. The second-order valence-electron chi connectivity index (χ2n) is 7.63. The predicted octanol–water partition coefficient (Wildman–Crippen LogP) is 5.91. The van der Waals surface area contributed by atoms with Gasteiger partial charge in [0.15, 0.2) is 0 Å². The summed E-state index contributed by atoms with van der Waals surface area (Å²) in [6.45, 7) is 0. The molecule has 4 rings (SSSR count). The van der Waals surface area contributed by atoms with Crippen LogP contribution in [0.25, 0.3) is 0 Å². The van der Waals surface area contributed by atoms with Crippen LogP contribution in [0.4, 0.5) is 0 Å². The highest BCUT2D eigenvalue weighted by Crippen LogP contribution is 2.56. The largest absolute Gasteiger partial charge is 0.337 e. The van der Waals surface area contributed by atoms with E-state index in [2.05, 4.69) is 0 Å². The zero-order valence-corrected chi connectivity index (χ0v) is 20.0. The van der Waals surface area contributed by atoms with Gasteiger partial charge in [0.1, 0.15) is 11.3 Å². The van der Waals surface area contributed by atoms with Crippen molar-refractivity contribution in [3.05, 3.63) is 144 Å². The molecule has 0 bridgehead atoms. The lowest BCUT2D eigenvalue weighted by Gasteiger charge is -2.19. The van der Waals surface area contributed by atoms with E-state index >= 15 is 0 Å². The molecule has 0 atom stereocenters. The van der Waals surface area contributed by atoms with Crippen molar-refractivity contribution in [2.24, 2.45) is 0 Å². The quantitative estimate of drug-likeness (QED) is 0.247. The minimum Gasteiger partial charge on any atom is -0.324 e. The van der Waals surface area contributed by atoms with E-state index in [1.807, 2.05) is 24.3 Å². The molecule has 0 radical (unpaired) electrons. The minimum atomic E-state index is -4.22. The normalized spacial score (nSPS) is 11.7. The summed E-state index contributed by atoms with van der Waals surface area (Å²) >= 11 is 0. The zero-order valence-electron chi connectivity index (χ0n) is 18.2. The standard InChI is InChI=1S/2C13H13O3P/c2*14-17(15,16)13(11-7-3-1-4-8-11)12-9-5-2-6-10-12/h2*1-10,13H,(H2,14,15,16). The molecule has 6 nitrogen and oxygen atoms in total. The maximum atomic E-state index is 11.6. The fourth-order valence-electron chi connectivity index (χ4n) is 3.70. The summed E-state index contributed by atoms with van der Waals surface area (Å²) in [7, 11) is -8.44. The molecule has 0 aliphatic heterocycles. The van der Waals surface area contributed by atoms with E-state index < -0.39 is 26.5 Å². The highest BCUT2D eigenvalue weighted by molar-refractivity contribution is 7.52. The average molecular weight is 496 g/mol. The van der Waals surface area contributed by atoms with Crippen molar-refractivity contribution >= 4 is 15.2 Å². The maximum Gasteiger partial charge on any atom is 0.337 e. The second-order valence-corrected chi connectivity index (χ2v) is 11.0. The summed E-state index contributed by atoms with van der Waals surface area (Å²) < 4.78 is 23.3. The van der Waals surface area contributed by atoms with Gasteiger partial charge >= 0.3 is 15.2 Å². The van der Waals surface area contributed by atoms with E-state index in [9.17, 15) is 28.7 Å². The Morgan fingerprint density at radius 2 is 0.559 bits per heavy atom. The SMILES string of the molecule is O=P(O)(O)C(c1ccccc1)c1ccccc1.O=P(O)(O)C(c1ccccc1)c1ccccc1. The first kappa shape index (κ1) is 25.8. The molecule has 0 unspecified atom stereocenters. The summed E-state index contributed by atoms with van der Waals surface area (Å²) in [6, 6.07) is 35.4. The Morgan fingerprint density at radius 1 is 0.382 bits per heavy atom. The van der Waals surface area contributed by atoms with Crippen molar-refractivity contribution in [2.75, 3.05) is 0 Å². The summed E-state index contributed by atoms with van der Waals surface area (Å²) in [6.07, 6.45) is 0. The molecule has 0 aliphatic rings.